The van der Waals surface area contributed by atoms with Crippen LogP contribution in [0.25, 0.3) is 0 Å². The molecule has 25 heavy (non-hydrogen) atoms. The number of amidine groups is 1. The number of carbonyl (C=O) groups excluding carboxylic acids is 1. The minimum atomic E-state index is -0.793. The van der Waals surface area contributed by atoms with Gasteiger partial charge in [0.15, 0.2) is 5.17 Å². The molecule has 1 unspecified atom stereocenters. The van der Waals surface area contributed by atoms with Crippen LogP contribution in [0, 0.1) is 22.7 Å². The largest absolute Gasteiger partial charge is 0.305 e. The Morgan fingerprint density at radius 3 is 2.68 bits per heavy atom. The van der Waals surface area contributed by atoms with Gasteiger partial charge in [0, 0.05) is 10.5 Å². The minimum Gasteiger partial charge on any atom is -0.305 e. The minimum absolute atomic E-state index is 0.285. The number of hydrogen-bond donors (Lipinski definition) is 2. The van der Waals surface area contributed by atoms with E-state index in [4.69, 9.17) is 5.73 Å². The highest BCUT2D eigenvalue weighted by Crippen LogP contribution is 2.43. The van der Waals surface area contributed by atoms with Gasteiger partial charge in [0.05, 0.1) is 17.2 Å². The van der Waals surface area contributed by atoms with Crippen LogP contribution in [0.15, 0.2) is 56.5 Å². The first-order valence-electron chi connectivity index (χ1n) is 7.11. The van der Waals surface area contributed by atoms with Crippen molar-refractivity contribution in [3.63, 3.8) is 0 Å². The number of hydrazone groups is 1. The van der Waals surface area contributed by atoms with Crippen LogP contribution in [-0.2, 0) is 0 Å². The third-order valence-electron chi connectivity index (χ3n) is 3.54. The van der Waals surface area contributed by atoms with Crippen molar-refractivity contribution in [3.8, 4) is 12.1 Å². The van der Waals surface area contributed by atoms with Crippen LogP contribution >= 0.6 is 23.5 Å². The van der Waals surface area contributed by atoms with Crippen LogP contribution in [0.3, 0.4) is 0 Å². The van der Waals surface area contributed by atoms with Crippen molar-refractivity contribution < 1.29 is 4.79 Å². The Morgan fingerprint density at radius 2 is 2.08 bits per heavy atom. The lowest BCUT2D eigenvalue weighted by atomic mass is 10.1. The Labute approximate surface area is 152 Å². The number of nitriles is 2. The second-order valence-corrected chi connectivity index (χ2v) is 6.76. The number of carbonyl (C=O) groups is 1. The highest BCUT2D eigenvalue weighted by atomic mass is 32.2. The maximum atomic E-state index is 12.3. The molecule has 0 bridgehead atoms. The molecule has 0 spiro atoms. The average molecular weight is 368 g/mol. The number of allylic oxidation sites excluding steroid dienone is 1. The van der Waals surface area contributed by atoms with E-state index in [-0.39, 0.29) is 11.5 Å². The van der Waals surface area contributed by atoms with Gasteiger partial charge in [-0.25, -0.2) is 5.01 Å². The summed E-state index contributed by atoms with van der Waals surface area (Å²) >= 11 is 2.44. The second-order valence-electron chi connectivity index (χ2n) is 4.97. The lowest BCUT2D eigenvalue weighted by Gasteiger charge is -2.28. The fourth-order valence-electron chi connectivity index (χ4n) is 2.38. The number of benzene rings is 1. The summed E-state index contributed by atoms with van der Waals surface area (Å²) in [6, 6.07) is 12.9. The standard InChI is InChI=1S/C16H12N6OS2/c1-24-12-10(7-17)13(19)22-15(11(12)8-18)25-16(21-22)20-14(23)9-5-3-2-4-6-9/h2-6,13H,19H2,1H3,(H,20,21,23). The van der Waals surface area contributed by atoms with Gasteiger partial charge in [0.25, 0.3) is 5.91 Å². The Morgan fingerprint density at radius 1 is 1.36 bits per heavy atom. The molecule has 2 aliphatic heterocycles. The number of amides is 1. The lowest BCUT2D eigenvalue weighted by Crippen LogP contribution is -2.40. The number of thioether (sulfide) groups is 2. The summed E-state index contributed by atoms with van der Waals surface area (Å²) in [5.41, 5.74) is 7.23. The highest BCUT2D eigenvalue weighted by molar-refractivity contribution is 8.17. The van der Waals surface area contributed by atoms with Crippen LogP contribution in [0.1, 0.15) is 10.4 Å². The van der Waals surface area contributed by atoms with E-state index in [0.717, 1.165) is 11.8 Å². The monoisotopic (exact) mass is 368 g/mol. The molecule has 9 heteroatoms. The first-order valence-corrected chi connectivity index (χ1v) is 9.15. The molecule has 0 radical (unpaired) electrons. The van der Waals surface area contributed by atoms with E-state index in [1.165, 1.54) is 16.8 Å². The van der Waals surface area contributed by atoms with Crippen molar-refractivity contribution in [2.75, 3.05) is 6.26 Å². The fourth-order valence-corrected chi connectivity index (χ4v) is 4.13. The van der Waals surface area contributed by atoms with Crippen molar-refractivity contribution in [3.05, 3.63) is 57.0 Å². The Kier molecular flexibility index (Phi) is 4.81. The summed E-state index contributed by atoms with van der Waals surface area (Å²) in [6.07, 6.45) is 0.990. The molecule has 0 saturated heterocycles. The maximum Gasteiger partial charge on any atom is 0.257 e. The summed E-state index contributed by atoms with van der Waals surface area (Å²) in [5.74, 6) is -0.307. The third-order valence-corrected chi connectivity index (χ3v) is 5.33. The number of rotatable bonds is 2. The molecule has 1 aromatic carbocycles. The topological polar surface area (TPSA) is 118 Å². The van der Waals surface area contributed by atoms with Crippen molar-refractivity contribution in [2.24, 2.45) is 10.8 Å². The van der Waals surface area contributed by atoms with Crippen molar-refractivity contribution in [1.29, 1.82) is 10.5 Å². The molecule has 124 valence electrons. The normalized spacial score (nSPS) is 19.1. The molecular weight excluding hydrogens is 356 g/mol. The van der Waals surface area contributed by atoms with Crippen LogP contribution < -0.4 is 11.1 Å². The lowest BCUT2D eigenvalue weighted by molar-refractivity contribution is 0.0977. The zero-order chi connectivity index (χ0) is 18.0. The van der Waals surface area contributed by atoms with Gasteiger partial charge in [-0.15, -0.1) is 16.9 Å². The summed E-state index contributed by atoms with van der Waals surface area (Å²) in [5, 5.41) is 28.1. The molecule has 1 amide bonds. The molecule has 3 rings (SSSR count). The average Bonchev–Trinajstić information content (AvgIpc) is 3.06. The van der Waals surface area contributed by atoms with Crippen LogP contribution in [0.5, 0.6) is 0 Å². The van der Waals surface area contributed by atoms with Crippen LogP contribution in [0.4, 0.5) is 0 Å². The molecule has 0 saturated carbocycles. The van der Waals surface area contributed by atoms with E-state index >= 15 is 0 Å². The quantitative estimate of drug-likeness (QED) is 0.818. The molecule has 0 aromatic heterocycles. The Hall–Kier alpha value is -2.72. The molecule has 0 aliphatic carbocycles. The molecule has 2 heterocycles. The zero-order valence-corrected chi connectivity index (χ0v) is 14.7. The predicted octanol–water partition coefficient (Wildman–Crippen LogP) is 1.91. The molecule has 1 aromatic rings. The van der Waals surface area contributed by atoms with Gasteiger partial charge >= 0.3 is 0 Å². The summed E-state index contributed by atoms with van der Waals surface area (Å²) in [7, 11) is 0. The number of nitrogens with two attached hydrogens (primary N) is 1. The number of fused-ring (bicyclic) bond motifs is 1. The van der Waals surface area contributed by atoms with Crippen molar-refractivity contribution in [1.82, 2.24) is 10.3 Å². The molecule has 0 fully saturated rings. The van der Waals surface area contributed by atoms with Gasteiger partial charge in [-0.1, -0.05) is 18.2 Å². The van der Waals surface area contributed by atoms with Crippen LogP contribution in [0.2, 0.25) is 0 Å². The number of nitrogens with one attached hydrogen (secondary N) is 1. The first-order chi connectivity index (χ1) is 12.1. The van der Waals surface area contributed by atoms with Gasteiger partial charge in [0.2, 0.25) is 0 Å². The predicted molar refractivity (Wildman–Crippen MR) is 97.5 cm³/mol. The maximum absolute atomic E-state index is 12.3. The van der Waals surface area contributed by atoms with E-state index in [1.54, 1.807) is 30.5 Å². The van der Waals surface area contributed by atoms with Crippen LogP contribution in [-0.4, -0.2) is 28.5 Å². The van der Waals surface area contributed by atoms with Crippen molar-refractivity contribution in [2.45, 2.75) is 6.17 Å². The van der Waals surface area contributed by atoms with Gasteiger partial charge in [-0.05, 0) is 30.2 Å². The Bertz CT molecular complexity index is 907. The molecular formula is C16H12N6OS2. The molecule has 1 atom stereocenters. The zero-order valence-electron chi connectivity index (χ0n) is 13.1. The van der Waals surface area contributed by atoms with E-state index in [0.29, 0.717) is 26.2 Å². The van der Waals surface area contributed by atoms with Gasteiger partial charge < -0.3 is 5.73 Å². The van der Waals surface area contributed by atoms with E-state index in [1.807, 2.05) is 6.07 Å². The SMILES string of the molecule is CSC1=C(C#N)C(N)N2N=C(NC(=O)c3ccccc3)SC2=C1C#N. The van der Waals surface area contributed by atoms with E-state index < -0.39 is 6.17 Å². The molecule has 2 aliphatic rings. The number of hydrogen-bond acceptors (Lipinski definition) is 8. The number of nitrogens with zero attached hydrogens (tertiary/aromatic N) is 4. The summed E-state index contributed by atoms with van der Waals surface area (Å²) in [6.45, 7) is 0. The van der Waals surface area contributed by atoms with Gasteiger partial charge in [0.1, 0.15) is 17.3 Å². The van der Waals surface area contributed by atoms with E-state index in [2.05, 4.69) is 22.6 Å². The molecule has 7 nitrogen and oxygen atoms in total. The molecule has 3 N–H and O–H groups in total. The van der Waals surface area contributed by atoms with Gasteiger partial charge in [-0.3, -0.25) is 10.1 Å². The Balaban J connectivity index is 1.91. The second kappa shape index (κ2) is 7.03. The smallest absolute Gasteiger partial charge is 0.257 e. The van der Waals surface area contributed by atoms with E-state index in [9.17, 15) is 15.3 Å². The fraction of sp³-hybridized carbons (Fsp3) is 0.125. The van der Waals surface area contributed by atoms with Crippen molar-refractivity contribution >= 4 is 34.6 Å². The highest BCUT2D eigenvalue weighted by Gasteiger charge is 2.38. The first kappa shape index (κ1) is 17.1. The third kappa shape index (κ3) is 3.01. The van der Waals surface area contributed by atoms with Gasteiger partial charge in [-0.2, -0.15) is 10.5 Å². The summed E-state index contributed by atoms with van der Waals surface area (Å²) < 4.78 is 0. The summed E-state index contributed by atoms with van der Waals surface area (Å²) in [4.78, 5) is 12.8.